The highest BCUT2D eigenvalue weighted by Crippen LogP contribution is 2.31. The Morgan fingerprint density at radius 1 is 1.15 bits per heavy atom. The van der Waals surface area contributed by atoms with Gasteiger partial charge in [0.15, 0.2) is 0 Å². The maximum atomic E-state index is 3.53. The van der Waals surface area contributed by atoms with Crippen LogP contribution in [-0.4, -0.2) is 18.8 Å². The molecule has 0 aliphatic heterocycles. The van der Waals surface area contributed by atoms with Crippen LogP contribution in [0.1, 0.15) is 52.0 Å². The summed E-state index contributed by atoms with van der Waals surface area (Å²) in [6.45, 7) is 6.81. The first-order chi connectivity index (χ1) is 9.50. The van der Waals surface area contributed by atoms with Crippen LogP contribution >= 0.6 is 11.8 Å². The maximum Gasteiger partial charge on any atom is 0.0186 e. The summed E-state index contributed by atoms with van der Waals surface area (Å²) in [6, 6.07) is 9.81. The molecular formula is C18H29NS. The lowest BCUT2D eigenvalue weighted by molar-refractivity contribution is 0.410. The Morgan fingerprint density at radius 3 is 2.25 bits per heavy atom. The molecule has 2 heteroatoms. The molecule has 0 saturated heterocycles. The molecule has 1 unspecified atom stereocenters. The average Bonchev–Trinajstić information content (AvgIpc) is 2.93. The maximum absolute atomic E-state index is 3.53. The van der Waals surface area contributed by atoms with E-state index in [1.165, 1.54) is 41.9 Å². The van der Waals surface area contributed by atoms with Crippen LogP contribution in [-0.2, 0) is 5.41 Å². The molecule has 1 fully saturated rings. The van der Waals surface area contributed by atoms with Crippen molar-refractivity contribution in [3.8, 4) is 0 Å². The van der Waals surface area contributed by atoms with E-state index >= 15 is 0 Å². The molecule has 0 spiro atoms. The molecule has 1 aromatic rings. The zero-order valence-electron chi connectivity index (χ0n) is 13.4. The van der Waals surface area contributed by atoms with Crippen LogP contribution in [0.2, 0.25) is 0 Å². The van der Waals surface area contributed by atoms with Gasteiger partial charge >= 0.3 is 0 Å². The predicted octanol–water partition coefficient (Wildman–Crippen LogP) is 4.85. The molecule has 0 bridgehead atoms. The van der Waals surface area contributed by atoms with Crippen molar-refractivity contribution in [1.82, 2.24) is 5.32 Å². The van der Waals surface area contributed by atoms with Crippen molar-refractivity contribution in [2.75, 3.05) is 12.8 Å². The minimum absolute atomic E-state index is 0.251. The van der Waals surface area contributed by atoms with Gasteiger partial charge in [0.05, 0.1) is 0 Å². The van der Waals surface area contributed by atoms with Gasteiger partial charge in [-0.25, -0.2) is 0 Å². The topological polar surface area (TPSA) is 12.0 Å². The van der Waals surface area contributed by atoms with E-state index in [1.54, 1.807) is 0 Å². The van der Waals surface area contributed by atoms with Gasteiger partial charge < -0.3 is 5.32 Å². The van der Waals surface area contributed by atoms with Gasteiger partial charge in [0.1, 0.15) is 0 Å². The average molecular weight is 292 g/mol. The van der Waals surface area contributed by atoms with Gasteiger partial charge in [-0.3, -0.25) is 0 Å². The fraction of sp³-hybridized carbons (Fsp3) is 0.667. The third-order valence-corrected chi connectivity index (χ3v) is 5.62. The largest absolute Gasteiger partial charge is 0.316 e. The van der Waals surface area contributed by atoms with E-state index in [4.69, 9.17) is 0 Å². The first kappa shape index (κ1) is 15.9. The summed E-state index contributed by atoms with van der Waals surface area (Å²) in [7, 11) is 2.12. The van der Waals surface area contributed by atoms with Crippen molar-refractivity contribution in [3.05, 3.63) is 29.8 Å². The van der Waals surface area contributed by atoms with Gasteiger partial charge in [-0.15, -0.1) is 11.8 Å². The van der Waals surface area contributed by atoms with Crippen LogP contribution in [0.25, 0.3) is 0 Å². The minimum Gasteiger partial charge on any atom is -0.316 e. The minimum atomic E-state index is 0.251. The van der Waals surface area contributed by atoms with E-state index in [2.05, 4.69) is 57.4 Å². The lowest BCUT2D eigenvalue weighted by Gasteiger charge is -2.23. The fourth-order valence-corrected chi connectivity index (χ4v) is 4.19. The van der Waals surface area contributed by atoms with Gasteiger partial charge in [-0.2, -0.15) is 0 Å². The van der Waals surface area contributed by atoms with Crippen LogP contribution in [0.5, 0.6) is 0 Å². The Hall–Kier alpha value is -0.470. The summed E-state index contributed by atoms with van der Waals surface area (Å²) < 4.78 is 0. The SMILES string of the molecule is CNC(CSc1ccc(C(C)(C)C)cc1)C1CCCC1. The lowest BCUT2D eigenvalue weighted by Crippen LogP contribution is -2.34. The molecule has 1 saturated carbocycles. The Morgan fingerprint density at radius 2 is 1.75 bits per heavy atom. The highest BCUT2D eigenvalue weighted by Gasteiger charge is 2.23. The third kappa shape index (κ3) is 4.26. The predicted molar refractivity (Wildman–Crippen MR) is 90.7 cm³/mol. The van der Waals surface area contributed by atoms with Crippen LogP contribution in [0.15, 0.2) is 29.2 Å². The Bertz CT molecular complexity index is 398. The molecule has 1 aromatic carbocycles. The summed E-state index contributed by atoms with van der Waals surface area (Å²) >= 11 is 2.00. The molecular weight excluding hydrogens is 262 g/mol. The van der Waals surface area contributed by atoms with Gasteiger partial charge in [0.2, 0.25) is 0 Å². The number of hydrogen-bond donors (Lipinski definition) is 1. The summed E-state index contributed by atoms with van der Waals surface area (Å²) in [5.74, 6) is 2.08. The lowest BCUT2D eigenvalue weighted by atomic mass is 9.87. The molecule has 2 rings (SSSR count). The quantitative estimate of drug-likeness (QED) is 0.778. The summed E-state index contributed by atoms with van der Waals surface area (Å²) in [5, 5.41) is 3.53. The number of hydrogen-bond acceptors (Lipinski definition) is 2. The van der Waals surface area contributed by atoms with E-state index < -0.39 is 0 Å². The highest BCUT2D eigenvalue weighted by atomic mass is 32.2. The number of nitrogens with one attached hydrogen (secondary N) is 1. The number of thioether (sulfide) groups is 1. The molecule has 0 heterocycles. The van der Waals surface area contributed by atoms with E-state index in [1.807, 2.05) is 11.8 Å². The second-order valence-electron chi connectivity index (χ2n) is 7.03. The van der Waals surface area contributed by atoms with Crippen molar-refractivity contribution < 1.29 is 0 Å². The van der Waals surface area contributed by atoms with E-state index in [-0.39, 0.29) is 5.41 Å². The molecule has 0 aromatic heterocycles. The van der Waals surface area contributed by atoms with Crippen LogP contribution < -0.4 is 5.32 Å². The zero-order chi connectivity index (χ0) is 14.6. The van der Waals surface area contributed by atoms with Crippen molar-refractivity contribution in [1.29, 1.82) is 0 Å². The molecule has 20 heavy (non-hydrogen) atoms. The zero-order valence-corrected chi connectivity index (χ0v) is 14.2. The summed E-state index contributed by atoms with van der Waals surface area (Å²) in [6.07, 6.45) is 5.67. The molecule has 1 nitrogen and oxygen atoms in total. The Balaban J connectivity index is 1.89. The smallest absolute Gasteiger partial charge is 0.0186 e. The first-order valence-electron chi connectivity index (χ1n) is 7.91. The summed E-state index contributed by atoms with van der Waals surface area (Å²) in [4.78, 5) is 1.40. The Labute approximate surface area is 128 Å². The van der Waals surface area contributed by atoms with Crippen molar-refractivity contribution >= 4 is 11.8 Å². The van der Waals surface area contributed by atoms with Crippen molar-refractivity contribution in [3.63, 3.8) is 0 Å². The van der Waals surface area contributed by atoms with Crippen molar-refractivity contribution in [2.45, 2.75) is 62.8 Å². The number of benzene rings is 1. The molecule has 1 aliphatic carbocycles. The second-order valence-corrected chi connectivity index (χ2v) is 8.12. The standard InChI is InChI=1S/C18H29NS/c1-18(2,3)15-9-11-16(12-10-15)20-13-17(19-4)14-7-5-6-8-14/h9-12,14,17,19H,5-8,13H2,1-4H3. The third-order valence-electron chi connectivity index (χ3n) is 4.49. The second kappa shape index (κ2) is 7.00. The number of rotatable bonds is 5. The molecule has 1 aliphatic rings. The molecule has 1 N–H and O–H groups in total. The van der Waals surface area contributed by atoms with E-state index in [0.29, 0.717) is 6.04 Å². The fourth-order valence-electron chi connectivity index (χ4n) is 3.05. The van der Waals surface area contributed by atoms with Gasteiger partial charge in [-0.05, 0) is 48.9 Å². The molecule has 1 atom stereocenters. The van der Waals surface area contributed by atoms with Crippen molar-refractivity contribution in [2.24, 2.45) is 5.92 Å². The van der Waals surface area contributed by atoms with Crippen LogP contribution in [0, 0.1) is 5.92 Å². The van der Waals surface area contributed by atoms with E-state index in [0.717, 1.165) is 5.92 Å². The van der Waals surface area contributed by atoms with Crippen LogP contribution in [0.4, 0.5) is 0 Å². The van der Waals surface area contributed by atoms with E-state index in [9.17, 15) is 0 Å². The van der Waals surface area contributed by atoms with Crippen LogP contribution in [0.3, 0.4) is 0 Å². The Kier molecular flexibility index (Phi) is 5.57. The molecule has 112 valence electrons. The monoisotopic (exact) mass is 291 g/mol. The van der Waals surface area contributed by atoms with Gasteiger partial charge in [0, 0.05) is 16.7 Å². The summed E-state index contributed by atoms with van der Waals surface area (Å²) in [5.41, 5.74) is 1.67. The highest BCUT2D eigenvalue weighted by molar-refractivity contribution is 7.99. The normalized spacial score (nSPS) is 18.4. The van der Waals surface area contributed by atoms with Gasteiger partial charge in [-0.1, -0.05) is 45.7 Å². The molecule has 0 radical (unpaired) electrons. The molecule has 0 amide bonds. The first-order valence-corrected chi connectivity index (χ1v) is 8.90. The van der Waals surface area contributed by atoms with Gasteiger partial charge in [0.25, 0.3) is 0 Å².